The largest absolute Gasteiger partial charge is 0.455 e. The minimum atomic E-state index is -0.332. The SMILES string of the molecule is CC(=O)O[C@H]1c2nc3ccccc3cc2C(Br)C[C@@H]1Br. The number of esters is 1. The Morgan fingerprint density at radius 1 is 1.35 bits per heavy atom. The van der Waals surface area contributed by atoms with Crippen molar-refractivity contribution in [3.8, 4) is 0 Å². The lowest BCUT2D eigenvalue weighted by Crippen LogP contribution is -2.27. The molecule has 1 aliphatic rings. The van der Waals surface area contributed by atoms with Gasteiger partial charge in [-0.2, -0.15) is 0 Å². The van der Waals surface area contributed by atoms with Gasteiger partial charge >= 0.3 is 5.97 Å². The van der Waals surface area contributed by atoms with Crippen molar-refractivity contribution in [2.24, 2.45) is 0 Å². The van der Waals surface area contributed by atoms with Gasteiger partial charge in [0.05, 0.1) is 16.0 Å². The number of carbonyl (C=O) groups excluding carboxylic acids is 1. The number of rotatable bonds is 1. The number of aromatic nitrogens is 1. The molecule has 0 fully saturated rings. The predicted molar refractivity (Wildman–Crippen MR) is 85.3 cm³/mol. The first-order chi connectivity index (χ1) is 9.56. The molecule has 1 unspecified atom stereocenters. The molecule has 0 spiro atoms. The normalized spacial score (nSPS) is 25.2. The lowest BCUT2D eigenvalue weighted by atomic mass is 9.92. The highest BCUT2D eigenvalue weighted by molar-refractivity contribution is 9.10. The molecular formula is C15H13Br2NO2. The van der Waals surface area contributed by atoms with Crippen LogP contribution in [0.2, 0.25) is 0 Å². The van der Waals surface area contributed by atoms with Crippen LogP contribution in [0.3, 0.4) is 0 Å². The van der Waals surface area contributed by atoms with E-state index in [0.717, 1.165) is 28.6 Å². The minimum absolute atomic E-state index is 0.0666. The summed E-state index contributed by atoms with van der Waals surface area (Å²) in [5, 5.41) is 1.10. The Hall–Kier alpha value is -0.940. The van der Waals surface area contributed by atoms with E-state index in [-0.39, 0.29) is 21.7 Å². The van der Waals surface area contributed by atoms with E-state index >= 15 is 0 Å². The van der Waals surface area contributed by atoms with E-state index < -0.39 is 0 Å². The summed E-state index contributed by atoms with van der Waals surface area (Å²) in [5.41, 5.74) is 2.87. The van der Waals surface area contributed by atoms with Crippen molar-refractivity contribution in [1.29, 1.82) is 0 Å². The van der Waals surface area contributed by atoms with Crippen molar-refractivity contribution >= 4 is 48.7 Å². The lowest BCUT2D eigenvalue weighted by molar-refractivity contribution is -0.147. The van der Waals surface area contributed by atoms with E-state index in [9.17, 15) is 4.79 Å². The lowest BCUT2D eigenvalue weighted by Gasteiger charge is -2.31. The molecule has 20 heavy (non-hydrogen) atoms. The van der Waals surface area contributed by atoms with Crippen LogP contribution in [0.25, 0.3) is 10.9 Å². The summed E-state index contributed by atoms with van der Waals surface area (Å²) in [5.74, 6) is -0.284. The average molecular weight is 399 g/mol. The van der Waals surface area contributed by atoms with Gasteiger partial charge in [-0.1, -0.05) is 50.1 Å². The standard InChI is InChI=1S/C15H13Br2NO2/c1-8(19)20-15-12(17)7-11(16)10-6-9-4-2-3-5-13(9)18-14(10)15/h2-6,11-12,15H,7H2,1H3/t11?,12-,15+/m0/s1. The summed E-state index contributed by atoms with van der Waals surface area (Å²) in [6.45, 7) is 1.43. The van der Waals surface area contributed by atoms with Gasteiger partial charge in [0.15, 0.2) is 6.10 Å². The monoisotopic (exact) mass is 397 g/mol. The van der Waals surface area contributed by atoms with E-state index in [1.807, 2.05) is 24.3 Å². The number of hydrogen-bond donors (Lipinski definition) is 0. The number of alkyl halides is 2. The maximum atomic E-state index is 11.3. The molecule has 1 aromatic heterocycles. The molecule has 1 aliphatic carbocycles. The Kier molecular flexibility index (Phi) is 3.82. The summed E-state index contributed by atoms with van der Waals surface area (Å²) < 4.78 is 5.46. The molecule has 3 rings (SSSR count). The number of pyridine rings is 1. The zero-order chi connectivity index (χ0) is 14.3. The quantitative estimate of drug-likeness (QED) is 0.526. The molecule has 0 saturated heterocycles. The second kappa shape index (κ2) is 5.45. The number of ether oxygens (including phenoxy) is 1. The van der Waals surface area contributed by atoms with Crippen LogP contribution in [-0.2, 0) is 9.53 Å². The van der Waals surface area contributed by atoms with Crippen LogP contribution in [0.15, 0.2) is 30.3 Å². The first-order valence-electron chi connectivity index (χ1n) is 6.41. The molecule has 3 atom stereocenters. The first kappa shape index (κ1) is 14.0. The van der Waals surface area contributed by atoms with E-state index in [2.05, 4.69) is 37.9 Å². The summed E-state index contributed by atoms with van der Waals surface area (Å²) in [6.07, 6.45) is 0.520. The summed E-state index contributed by atoms with van der Waals surface area (Å²) in [4.78, 5) is 16.3. The fraction of sp³-hybridized carbons (Fsp3) is 0.333. The highest BCUT2D eigenvalue weighted by atomic mass is 79.9. The van der Waals surface area contributed by atoms with Crippen LogP contribution in [0, 0.1) is 0 Å². The van der Waals surface area contributed by atoms with Gasteiger partial charge < -0.3 is 4.74 Å². The minimum Gasteiger partial charge on any atom is -0.455 e. The molecule has 0 saturated carbocycles. The van der Waals surface area contributed by atoms with Gasteiger partial charge in [-0.15, -0.1) is 0 Å². The summed E-state index contributed by atoms with van der Waals surface area (Å²) >= 11 is 7.31. The second-order valence-corrected chi connectivity index (χ2v) is 7.19. The van der Waals surface area contributed by atoms with Crippen molar-refractivity contribution in [3.05, 3.63) is 41.6 Å². The van der Waals surface area contributed by atoms with Gasteiger partial charge in [-0.05, 0) is 24.1 Å². The molecule has 0 radical (unpaired) electrons. The molecule has 1 aromatic carbocycles. The van der Waals surface area contributed by atoms with Gasteiger partial charge in [0.1, 0.15) is 0 Å². The smallest absolute Gasteiger partial charge is 0.303 e. The molecule has 0 aliphatic heterocycles. The van der Waals surface area contributed by atoms with Gasteiger partial charge in [0.25, 0.3) is 0 Å². The van der Waals surface area contributed by atoms with Crippen LogP contribution in [0.5, 0.6) is 0 Å². The highest BCUT2D eigenvalue weighted by Crippen LogP contribution is 2.45. The molecular weight excluding hydrogens is 386 g/mol. The fourth-order valence-corrected chi connectivity index (χ4v) is 4.56. The summed E-state index contributed by atoms with van der Waals surface area (Å²) in [6, 6.07) is 10.1. The topological polar surface area (TPSA) is 39.2 Å². The molecule has 0 N–H and O–H groups in total. The first-order valence-corrected chi connectivity index (χ1v) is 8.24. The third-order valence-corrected chi connectivity index (χ3v) is 5.17. The number of halogens is 2. The Morgan fingerprint density at radius 3 is 2.85 bits per heavy atom. The van der Waals surface area contributed by atoms with E-state index in [1.165, 1.54) is 6.92 Å². The molecule has 104 valence electrons. The summed E-state index contributed by atoms with van der Waals surface area (Å²) in [7, 11) is 0. The van der Waals surface area contributed by atoms with Crippen LogP contribution >= 0.6 is 31.9 Å². The van der Waals surface area contributed by atoms with Gasteiger partial charge in [-0.3, -0.25) is 4.79 Å². The molecule has 0 amide bonds. The van der Waals surface area contributed by atoms with Crippen molar-refractivity contribution in [1.82, 2.24) is 4.98 Å². The number of hydrogen-bond acceptors (Lipinski definition) is 3. The molecule has 3 nitrogen and oxygen atoms in total. The second-order valence-electron chi connectivity index (χ2n) is 4.90. The number of fused-ring (bicyclic) bond motifs is 2. The Labute approximate surface area is 134 Å². The highest BCUT2D eigenvalue weighted by Gasteiger charge is 2.36. The van der Waals surface area contributed by atoms with Crippen molar-refractivity contribution < 1.29 is 9.53 Å². The van der Waals surface area contributed by atoms with Gasteiger partial charge in [0, 0.05) is 17.1 Å². The van der Waals surface area contributed by atoms with E-state index in [4.69, 9.17) is 9.72 Å². The Morgan fingerprint density at radius 2 is 2.10 bits per heavy atom. The number of benzene rings is 1. The maximum absolute atomic E-state index is 11.3. The third-order valence-electron chi connectivity index (χ3n) is 3.44. The van der Waals surface area contributed by atoms with Gasteiger partial charge in [-0.25, -0.2) is 4.98 Å². The number of nitrogens with zero attached hydrogens (tertiary/aromatic N) is 1. The molecule has 5 heteroatoms. The van der Waals surface area contributed by atoms with Crippen LogP contribution < -0.4 is 0 Å². The maximum Gasteiger partial charge on any atom is 0.303 e. The van der Waals surface area contributed by atoms with Crippen molar-refractivity contribution in [2.45, 2.75) is 29.1 Å². The average Bonchev–Trinajstić information content (AvgIpc) is 2.41. The third kappa shape index (κ3) is 2.49. The molecule has 0 bridgehead atoms. The fourth-order valence-electron chi connectivity index (χ4n) is 2.55. The van der Waals surface area contributed by atoms with Crippen molar-refractivity contribution in [3.63, 3.8) is 0 Å². The van der Waals surface area contributed by atoms with Crippen LogP contribution in [0.1, 0.15) is 35.5 Å². The zero-order valence-corrected chi connectivity index (χ0v) is 14.0. The Balaban J connectivity index is 2.17. The number of carbonyl (C=O) groups is 1. The van der Waals surface area contributed by atoms with E-state index in [1.54, 1.807) is 0 Å². The zero-order valence-electron chi connectivity index (χ0n) is 10.8. The number of para-hydroxylation sites is 1. The van der Waals surface area contributed by atoms with E-state index in [0.29, 0.717) is 0 Å². The predicted octanol–water partition coefficient (Wildman–Crippen LogP) is 4.44. The van der Waals surface area contributed by atoms with Crippen LogP contribution in [0.4, 0.5) is 0 Å². The molecule has 1 heterocycles. The molecule has 2 aromatic rings. The van der Waals surface area contributed by atoms with Crippen LogP contribution in [-0.4, -0.2) is 15.8 Å². The van der Waals surface area contributed by atoms with Gasteiger partial charge in [0.2, 0.25) is 0 Å². The van der Waals surface area contributed by atoms with Crippen molar-refractivity contribution in [2.75, 3.05) is 0 Å². The Bertz CT molecular complexity index is 674.